The molecule has 1 amide bonds. The molecule has 174 valence electrons. The molecule has 6 nitrogen and oxygen atoms in total. The van der Waals surface area contributed by atoms with Gasteiger partial charge in [0, 0.05) is 10.7 Å². The summed E-state index contributed by atoms with van der Waals surface area (Å²) in [4.78, 5) is 12.8. The second-order valence-corrected chi connectivity index (χ2v) is 9.90. The van der Waals surface area contributed by atoms with Crippen molar-refractivity contribution in [3.05, 3.63) is 82.4 Å². The highest BCUT2D eigenvalue weighted by Gasteiger charge is 2.20. The molecule has 0 spiro atoms. The Morgan fingerprint density at radius 2 is 1.73 bits per heavy atom. The third-order valence-electron chi connectivity index (χ3n) is 5.22. The number of carbonyl (C=O) groups excluding carboxylic acids is 1. The summed E-state index contributed by atoms with van der Waals surface area (Å²) in [6.45, 7) is 7.50. The molecule has 1 unspecified atom stereocenters. The Labute approximate surface area is 200 Å². The molecular formula is C25H27ClN2O4S. The smallest absolute Gasteiger partial charge is 0.265 e. The van der Waals surface area contributed by atoms with Crippen molar-refractivity contribution in [2.75, 3.05) is 10.0 Å². The summed E-state index contributed by atoms with van der Waals surface area (Å²) in [5.74, 6) is 0.363. The number of carbonyl (C=O) groups is 1. The van der Waals surface area contributed by atoms with Crippen LogP contribution in [-0.2, 0) is 14.8 Å². The van der Waals surface area contributed by atoms with Gasteiger partial charge in [-0.3, -0.25) is 9.52 Å². The Hall–Kier alpha value is -3.03. The zero-order valence-electron chi connectivity index (χ0n) is 19.0. The van der Waals surface area contributed by atoms with Gasteiger partial charge in [-0.05, 0) is 86.3 Å². The van der Waals surface area contributed by atoms with Crippen LogP contribution in [-0.4, -0.2) is 20.4 Å². The molecule has 0 aliphatic heterocycles. The molecular weight excluding hydrogens is 460 g/mol. The fraction of sp³-hybridized carbons (Fsp3) is 0.240. The third-order valence-corrected chi connectivity index (χ3v) is 7.01. The molecule has 0 aliphatic rings. The van der Waals surface area contributed by atoms with Crippen molar-refractivity contribution >= 4 is 38.9 Å². The standard InChI is InChI=1S/C25H27ClN2O4S/c1-5-23(32-24-15-16(2)9-10-17(24)3)25(29)27-19-11-13-20(14-12-19)33(30,31)28-22-8-6-7-21(26)18(22)4/h6-15,23,28H,5H2,1-4H3,(H,27,29). The van der Waals surface area contributed by atoms with E-state index in [2.05, 4.69) is 10.0 Å². The van der Waals surface area contributed by atoms with E-state index < -0.39 is 16.1 Å². The molecule has 0 aromatic heterocycles. The molecule has 2 N–H and O–H groups in total. The van der Waals surface area contributed by atoms with Crippen LogP contribution in [0, 0.1) is 20.8 Å². The molecule has 0 aliphatic carbocycles. The lowest BCUT2D eigenvalue weighted by molar-refractivity contribution is -0.122. The number of rotatable bonds is 8. The predicted octanol–water partition coefficient (Wildman–Crippen LogP) is 5.86. The summed E-state index contributed by atoms with van der Waals surface area (Å²) in [5, 5.41) is 3.27. The second kappa shape index (κ2) is 10.3. The quantitative estimate of drug-likeness (QED) is 0.417. The van der Waals surface area contributed by atoms with Crippen LogP contribution in [0.5, 0.6) is 5.75 Å². The number of hydrogen-bond donors (Lipinski definition) is 2. The van der Waals surface area contributed by atoms with E-state index >= 15 is 0 Å². The minimum Gasteiger partial charge on any atom is -0.480 e. The summed E-state index contributed by atoms with van der Waals surface area (Å²) in [5.41, 5.74) is 3.52. The lowest BCUT2D eigenvalue weighted by Gasteiger charge is -2.19. The summed E-state index contributed by atoms with van der Waals surface area (Å²) < 4.78 is 34.0. The minimum absolute atomic E-state index is 0.0681. The maximum Gasteiger partial charge on any atom is 0.265 e. The highest BCUT2D eigenvalue weighted by Crippen LogP contribution is 2.26. The van der Waals surface area contributed by atoms with Gasteiger partial charge in [-0.25, -0.2) is 8.42 Å². The van der Waals surface area contributed by atoms with E-state index in [-0.39, 0.29) is 10.8 Å². The average molecular weight is 487 g/mol. The van der Waals surface area contributed by atoms with E-state index in [0.29, 0.717) is 34.1 Å². The van der Waals surface area contributed by atoms with Gasteiger partial charge >= 0.3 is 0 Å². The van der Waals surface area contributed by atoms with Gasteiger partial charge in [-0.2, -0.15) is 0 Å². The Kier molecular flexibility index (Phi) is 7.66. The van der Waals surface area contributed by atoms with Gasteiger partial charge in [0.25, 0.3) is 15.9 Å². The Bertz CT molecular complexity index is 1260. The Balaban J connectivity index is 1.70. The van der Waals surface area contributed by atoms with Crippen LogP contribution in [0.3, 0.4) is 0 Å². The van der Waals surface area contributed by atoms with Gasteiger partial charge in [0.2, 0.25) is 0 Å². The first kappa shape index (κ1) is 24.6. The van der Waals surface area contributed by atoms with Crippen molar-refractivity contribution in [3.8, 4) is 5.75 Å². The highest BCUT2D eigenvalue weighted by atomic mass is 35.5. The van der Waals surface area contributed by atoms with Crippen molar-refractivity contribution in [2.24, 2.45) is 0 Å². The largest absolute Gasteiger partial charge is 0.480 e. The lowest BCUT2D eigenvalue weighted by Crippen LogP contribution is -2.32. The van der Waals surface area contributed by atoms with Crippen molar-refractivity contribution in [2.45, 2.75) is 45.1 Å². The molecule has 1 atom stereocenters. The van der Waals surface area contributed by atoms with Crippen LogP contribution >= 0.6 is 11.6 Å². The Morgan fingerprint density at radius 3 is 2.39 bits per heavy atom. The van der Waals surface area contributed by atoms with E-state index in [1.807, 2.05) is 39.0 Å². The number of benzene rings is 3. The van der Waals surface area contributed by atoms with Crippen LogP contribution in [0.1, 0.15) is 30.0 Å². The zero-order valence-corrected chi connectivity index (χ0v) is 20.5. The number of aryl methyl sites for hydroxylation is 2. The third kappa shape index (κ3) is 6.06. The van der Waals surface area contributed by atoms with Crippen molar-refractivity contribution in [1.29, 1.82) is 0 Å². The van der Waals surface area contributed by atoms with Crippen LogP contribution in [0.15, 0.2) is 65.6 Å². The first-order valence-electron chi connectivity index (χ1n) is 10.5. The average Bonchev–Trinajstić information content (AvgIpc) is 2.77. The number of ether oxygens (including phenoxy) is 1. The van der Waals surface area contributed by atoms with Crippen LogP contribution in [0.4, 0.5) is 11.4 Å². The fourth-order valence-corrected chi connectivity index (χ4v) is 4.47. The van der Waals surface area contributed by atoms with Crippen LogP contribution < -0.4 is 14.8 Å². The minimum atomic E-state index is -3.81. The molecule has 3 rings (SSSR count). The molecule has 0 heterocycles. The maximum absolute atomic E-state index is 12.8. The molecule has 0 saturated carbocycles. The normalized spacial score (nSPS) is 12.2. The monoisotopic (exact) mass is 486 g/mol. The number of amides is 1. The van der Waals surface area contributed by atoms with E-state index in [4.69, 9.17) is 16.3 Å². The SMILES string of the molecule is CCC(Oc1cc(C)ccc1C)C(=O)Nc1ccc(S(=O)(=O)Nc2cccc(Cl)c2C)cc1. The van der Waals surface area contributed by atoms with Crippen molar-refractivity contribution in [3.63, 3.8) is 0 Å². The number of hydrogen-bond acceptors (Lipinski definition) is 4. The topological polar surface area (TPSA) is 84.5 Å². The van der Waals surface area contributed by atoms with Gasteiger partial charge in [0.1, 0.15) is 5.75 Å². The second-order valence-electron chi connectivity index (χ2n) is 7.82. The first-order valence-corrected chi connectivity index (χ1v) is 12.4. The molecule has 0 radical (unpaired) electrons. The number of sulfonamides is 1. The van der Waals surface area contributed by atoms with E-state index in [1.165, 1.54) is 12.1 Å². The fourth-order valence-electron chi connectivity index (χ4n) is 3.17. The summed E-state index contributed by atoms with van der Waals surface area (Å²) >= 11 is 6.08. The number of anilines is 2. The van der Waals surface area contributed by atoms with E-state index in [9.17, 15) is 13.2 Å². The Morgan fingerprint density at radius 1 is 1.03 bits per heavy atom. The molecule has 3 aromatic carbocycles. The van der Waals surface area contributed by atoms with Gasteiger partial charge in [0.15, 0.2) is 6.10 Å². The predicted molar refractivity (Wildman–Crippen MR) is 133 cm³/mol. The van der Waals surface area contributed by atoms with E-state index in [1.54, 1.807) is 37.3 Å². The molecule has 0 saturated heterocycles. The molecule has 0 fully saturated rings. The van der Waals surface area contributed by atoms with Gasteiger partial charge in [-0.15, -0.1) is 0 Å². The van der Waals surface area contributed by atoms with Gasteiger partial charge < -0.3 is 10.1 Å². The highest BCUT2D eigenvalue weighted by molar-refractivity contribution is 7.92. The zero-order chi connectivity index (χ0) is 24.2. The molecule has 0 bridgehead atoms. The molecule has 3 aromatic rings. The van der Waals surface area contributed by atoms with Crippen molar-refractivity contribution in [1.82, 2.24) is 0 Å². The lowest BCUT2D eigenvalue weighted by atomic mass is 10.1. The van der Waals surface area contributed by atoms with E-state index in [0.717, 1.165) is 11.1 Å². The molecule has 8 heteroatoms. The number of nitrogens with one attached hydrogen (secondary N) is 2. The van der Waals surface area contributed by atoms with Gasteiger partial charge in [-0.1, -0.05) is 36.7 Å². The van der Waals surface area contributed by atoms with Crippen LogP contribution in [0.2, 0.25) is 5.02 Å². The van der Waals surface area contributed by atoms with Gasteiger partial charge in [0.05, 0.1) is 10.6 Å². The maximum atomic E-state index is 12.8. The van der Waals surface area contributed by atoms with Crippen molar-refractivity contribution < 1.29 is 17.9 Å². The number of halogens is 1. The summed E-state index contributed by atoms with van der Waals surface area (Å²) in [7, 11) is -3.81. The summed E-state index contributed by atoms with van der Waals surface area (Å²) in [6.07, 6.45) is -0.199. The molecule has 33 heavy (non-hydrogen) atoms. The summed E-state index contributed by atoms with van der Waals surface area (Å²) in [6, 6.07) is 16.8. The van der Waals surface area contributed by atoms with Crippen LogP contribution in [0.25, 0.3) is 0 Å². The first-order chi connectivity index (χ1) is 15.6.